The van der Waals surface area contributed by atoms with E-state index in [1.54, 1.807) is 25.7 Å². The van der Waals surface area contributed by atoms with Gasteiger partial charge in [-0.15, -0.1) is 0 Å². The highest BCUT2D eigenvalue weighted by atomic mass is 35.5. The summed E-state index contributed by atoms with van der Waals surface area (Å²) in [6.45, 7) is 10.5. The lowest BCUT2D eigenvalue weighted by Gasteiger charge is -2.36. The molecule has 1 aromatic carbocycles. The summed E-state index contributed by atoms with van der Waals surface area (Å²) in [6, 6.07) is 6.77. The van der Waals surface area contributed by atoms with Crippen molar-refractivity contribution in [3.63, 3.8) is 0 Å². The zero-order valence-corrected chi connectivity index (χ0v) is 17.4. The first kappa shape index (κ1) is 21.5. The van der Waals surface area contributed by atoms with E-state index < -0.39 is 17.7 Å². The zero-order valence-electron chi connectivity index (χ0n) is 16.6. The van der Waals surface area contributed by atoms with Crippen molar-refractivity contribution >= 4 is 23.6 Å². The molecular formula is C20H29ClN2O4. The molecule has 1 fully saturated rings. The van der Waals surface area contributed by atoms with Crippen molar-refractivity contribution in [2.24, 2.45) is 5.92 Å². The standard InChI is InChI=1S/C20H29ClN2O4/c1-13(2)17(22-19(25)27-20(3,4)5)18(24)23-10-11-26-16(12-23)14-6-8-15(21)9-7-14/h6-9,13,16-17H,10-12H2,1-5H3,(H,22,25). The molecule has 150 valence electrons. The predicted octanol–water partition coefficient (Wildman–Crippen LogP) is 3.79. The fourth-order valence-corrected chi connectivity index (χ4v) is 3.00. The minimum atomic E-state index is -0.649. The summed E-state index contributed by atoms with van der Waals surface area (Å²) in [4.78, 5) is 26.9. The van der Waals surface area contributed by atoms with Gasteiger partial charge in [-0.3, -0.25) is 4.79 Å². The van der Waals surface area contributed by atoms with Crippen LogP contribution in [-0.2, 0) is 14.3 Å². The van der Waals surface area contributed by atoms with Crippen LogP contribution in [0.2, 0.25) is 5.02 Å². The van der Waals surface area contributed by atoms with E-state index >= 15 is 0 Å². The maximum absolute atomic E-state index is 13.1. The van der Waals surface area contributed by atoms with Gasteiger partial charge in [0, 0.05) is 11.6 Å². The molecule has 1 aliphatic rings. The van der Waals surface area contributed by atoms with Gasteiger partial charge in [0.25, 0.3) is 0 Å². The van der Waals surface area contributed by atoms with Gasteiger partial charge >= 0.3 is 6.09 Å². The fourth-order valence-electron chi connectivity index (χ4n) is 2.87. The third-order valence-electron chi connectivity index (χ3n) is 4.22. The van der Waals surface area contributed by atoms with Crippen LogP contribution in [0, 0.1) is 5.92 Å². The monoisotopic (exact) mass is 396 g/mol. The Balaban J connectivity index is 2.05. The van der Waals surface area contributed by atoms with Crippen LogP contribution in [0.3, 0.4) is 0 Å². The maximum atomic E-state index is 13.1. The second-order valence-electron chi connectivity index (χ2n) is 8.06. The van der Waals surface area contributed by atoms with Gasteiger partial charge in [-0.1, -0.05) is 37.6 Å². The van der Waals surface area contributed by atoms with Gasteiger partial charge in [-0.05, 0) is 44.4 Å². The summed E-state index contributed by atoms with van der Waals surface area (Å²) in [6.07, 6.45) is -0.800. The number of amides is 2. The highest BCUT2D eigenvalue weighted by Crippen LogP contribution is 2.24. The van der Waals surface area contributed by atoms with Gasteiger partial charge in [0.15, 0.2) is 0 Å². The molecule has 0 aromatic heterocycles. The number of rotatable bonds is 4. The van der Waals surface area contributed by atoms with E-state index in [-0.39, 0.29) is 17.9 Å². The summed E-state index contributed by atoms with van der Waals surface area (Å²) in [5.41, 5.74) is 0.353. The number of halogens is 1. The van der Waals surface area contributed by atoms with Crippen LogP contribution in [-0.4, -0.2) is 48.2 Å². The lowest BCUT2D eigenvalue weighted by molar-refractivity contribution is -0.142. The smallest absolute Gasteiger partial charge is 0.408 e. The summed E-state index contributed by atoms with van der Waals surface area (Å²) in [5.74, 6) is -0.194. The van der Waals surface area contributed by atoms with Crippen LogP contribution >= 0.6 is 11.6 Å². The summed E-state index contributed by atoms with van der Waals surface area (Å²) < 4.78 is 11.1. The number of alkyl carbamates (subject to hydrolysis) is 1. The zero-order chi connectivity index (χ0) is 20.2. The molecule has 0 bridgehead atoms. The molecule has 2 rings (SSSR count). The van der Waals surface area contributed by atoms with E-state index in [9.17, 15) is 9.59 Å². The summed E-state index contributed by atoms with van der Waals surface area (Å²) in [5, 5.41) is 3.38. The van der Waals surface area contributed by atoms with E-state index in [4.69, 9.17) is 21.1 Å². The third-order valence-corrected chi connectivity index (χ3v) is 4.48. The number of carbonyl (C=O) groups is 2. The molecule has 1 N–H and O–H groups in total. The van der Waals surface area contributed by atoms with E-state index in [1.807, 2.05) is 38.1 Å². The van der Waals surface area contributed by atoms with Crippen LogP contribution in [0.1, 0.15) is 46.3 Å². The van der Waals surface area contributed by atoms with Crippen molar-refractivity contribution in [3.8, 4) is 0 Å². The molecule has 7 heteroatoms. The fraction of sp³-hybridized carbons (Fsp3) is 0.600. The van der Waals surface area contributed by atoms with E-state index in [0.29, 0.717) is 24.7 Å². The van der Waals surface area contributed by atoms with Gasteiger partial charge in [0.2, 0.25) is 5.91 Å². The number of hydrogen-bond donors (Lipinski definition) is 1. The molecule has 2 unspecified atom stereocenters. The van der Waals surface area contributed by atoms with Crippen LogP contribution in [0.15, 0.2) is 24.3 Å². The number of morpholine rings is 1. The second-order valence-corrected chi connectivity index (χ2v) is 8.50. The SMILES string of the molecule is CC(C)C(NC(=O)OC(C)(C)C)C(=O)N1CCOC(c2ccc(Cl)cc2)C1. The first-order valence-electron chi connectivity index (χ1n) is 9.22. The van der Waals surface area contributed by atoms with Gasteiger partial charge in [-0.2, -0.15) is 0 Å². The van der Waals surface area contributed by atoms with E-state index in [1.165, 1.54) is 0 Å². The van der Waals surface area contributed by atoms with Crippen molar-refractivity contribution in [1.82, 2.24) is 10.2 Å². The average Bonchev–Trinajstić information content (AvgIpc) is 2.58. The number of ether oxygens (including phenoxy) is 2. The Hall–Kier alpha value is -1.79. The first-order chi connectivity index (χ1) is 12.6. The molecule has 1 saturated heterocycles. The van der Waals surface area contributed by atoms with Crippen molar-refractivity contribution < 1.29 is 19.1 Å². The molecule has 2 amide bonds. The molecule has 0 saturated carbocycles. The number of nitrogens with one attached hydrogen (secondary N) is 1. The van der Waals surface area contributed by atoms with Gasteiger partial charge in [0.05, 0.1) is 13.2 Å². The Bertz CT molecular complexity index is 655. The van der Waals surface area contributed by atoms with E-state index in [2.05, 4.69) is 5.32 Å². The Morgan fingerprint density at radius 1 is 1.26 bits per heavy atom. The summed E-state index contributed by atoms with van der Waals surface area (Å²) >= 11 is 5.94. The number of nitrogens with zero attached hydrogens (tertiary/aromatic N) is 1. The lowest BCUT2D eigenvalue weighted by atomic mass is 10.0. The van der Waals surface area contributed by atoms with Gasteiger partial charge in [-0.25, -0.2) is 4.79 Å². The topological polar surface area (TPSA) is 67.9 Å². The molecule has 1 aromatic rings. The van der Waals surface area contributed by atoms with Crippen molar-refractivity contribution in [3.05, 3.63) is 34.9 Å². The molecule has 0 aliphatic carbocycles. The second kappa shape index (κ2) is 8.93. The minimum Gasteiger partial charge on any atom is -0.444 e. The lowest BCUT2D eigenvalue weighted by Crippen LogP contribution is -2.54. The Kier molecular flexibility index (Phi) is 7.12. The largest absolute Gasteiger partial charge is 0.444 e. The number of benzene rings is 1. The van der Waals surface area contributed by atoms with Gasteiger partial charge in [0.1, 0.15) is 17.7 Å². The molecule has 0 radical (unpaired) electrons. The maximum Gasteiger partial charge on any atom is 0.408 e. The van der Waals surface area contributed by atoms with Crippen molar-refractivity contribution in [2.75, 3.05) is 19.7 Å². The number of carbonyl (C=O) groups excluding carboxylic acids is 2. The average molecular weight is 397 g/mol. The van der Waals surface area contributed by atoms with Crippen molar-refractivity contribution in [1.29, 1.82) is 0 Å². The minimum absolute atomic E-state index is 0.0677. The van der Waals surface area contributed by atoms with Crippen LogP contribution in [0.4, 0.5) is 4.79 Å². The van der Waals surface area contributed by atoms with Crippen LogP contribution in [0.5, 0.6) is 0 Å². The summed E-state index contributed by atoms with van der Waals surface area (Å²) in [7, 11) is 0. The molecule has 2 atom stereocenters. The molecule has 27 heavy (non-hydrogen) atoms. The third kappa shape index (κ3) is 6.40. The highest BCUT2D eigenvalue weighted by Gasteiger charge is 2.33. The Labute approximate surface area is 166 Å². The van der Waals surface area contributed by atoms with Crippen LogP contribution < -0.4 is 5.32 Å². The van der Waals surface area contributed by atoms with E-state index in [0.717, 1.165) is 5.56 Å². The molecule has 6 nitrogen and oxygen atoms in total. The normalized spacial score (nSPS) is 18.9. The molecule has 0 spiro atoms. The van der Waals surface area contributed by atoms with Crippen molar-refractivity contribution in [2.45, 2.75) is 52.4 Å². The first-order valence-corrected chi connectivity index (χ1v) is 9.60. The van der Waals surface area contributed by atoms with Crippen LogP contribution in [0.25, 0.3) is 0 Å². The predicted molar refractivity (Wildman–Crippen MR) is 105 cm³/mol. The number of hydrogen-bond acceptors (Lipinski definition) is 4. The molecule has 1 heterocycles. The Morgan fingerprint density at radius 2 is 1.89 bits per heavy atom. The highest BCUT2D eigenvalue weighted by molar-refractivity contribution is 6.30. The molecular weight excluding hydrogens is 368 g/mol. The van der Waals surface area contributed by atoms with Gasteiger partial charge < -0.3 is 19.7 Å². The quantitative estimate of drug-likeness (QED) is 0.840. The Morgan fingerprint density at radius 3 is 2.44 bits per heavy atom. The molecule has 1 aliphatic heterocycles.